The van der Waals surface area contributed by atoms with Crippen LogP contribution in [0.5, 0.6) is 0 Å². The summed E-state index contributed by atoms with van der Waals surface area (Å²) in [5.74, 6) is 1.07. The third-order valence-corrected chi connectivity index (χ3v) is 5.97. The normalized spacial score (nSPS) is 19.2. The van der Waals surface area contributed by atoms with E-state index >= 15 is 0 Å². The summed E-state index contributed by atoms with van der Waals surface area (Å²) >= 11 is 0. The Hall–Kier alpha value is -3.67. The van der Waals surface area contributed by atoms with Crippen LogP contribution in [-0.2, 0) is 11.2 Å². The van der Waals surface area contributed by atoms with Gasteiger partial charge in [0.1, 0.15) is 17.0 Å². The zero-order valence-corrected chi connectivity index (χ0v) is 16.4. The minimum Gasteiger partial charge on any atom is -0.346 e. The first-order valence-corrected chi connectivity index (χ1v) is 10.2. The first kappa shape index (κ1) is 18.4. The quantitative estimate of drug-likeness (QED) is 0.471. The number of hydrogen-bond acceptors (Lipinski definition) is 5. The van der Waals surface area contributed by atoms with Crippen molar-refractivity contribution in [2.24, 2.45) is 5.92 Å². The molecule has 1 fully saturated rings. The van der Waals surface area contributed by atoms with Gasteiger partial charge in [0.2, 0.25) is 5.91 Å². The van der Waals surface area contributed by atoms with Crippen molar-refractivity contribution >= 4 is 33.7 Å². The lowest BCUT2D eigenvalue weighted by molar-refractivity contribution is -0.115. The molecule has 1 aliphatic rings. The maximum atomic E-state index is 12.7. The molecule has 1 saturated carbocycles. The number of pyridine rings is 1. The maximum absolute atomic E-state index is 12.7. The van der Waals surface area contributed by atoms with Crippen molar-refractivity contribution in [2.45, 2.75) is 44.6 Å². The molecule has 1 aliphatic carbocycles. The predicted molar refractivity (Wildman–Crippen MR) is 112 cm³/mol. The molecule has 0 unspecified atom stereocenters. The highest BCUT2D eigenvalue weighted by Gasteiger charge is 2.27. The van der Waals surface area contributed by atoms with Crippen LogP contribution in [0, 0.1) is 17.2 Å². The van der Waals surface area contributed by atoms with Gasteiger partial charge in [-0.25, -0.2) is 9.97 Å². The monoisotopic (exact) mass is 402 g/mol. The van der Waals surface area contributed by atoms with E-state index in [4.69, 9.17) is 10.2 Å². The molecule has 0 aromatic carbocycles. The van der Waals surface area contributed by atoms with Gasteiger partial charge in [0.05, 0.1) is 36.1 Å². The molecular formula is C21H22N8O. The molecule has 1 amide bonds. The summed E-state index contributed by atoms with van der Waals surface area (Å²) in [5.41, 5.74) is 3.27. The fourth-order valence-electron chi connectivity index (χ4n) is 4.56. The van der Waals surface area contributed by atoms with E-state index in [-0.39, 0.29) is 18.4 Å². The van der Waals surface area contributed by atoms with Crippen molar-refractivity contribution in [1.29, 1.82) is 5.26 Å². The number of carbonyl (C=O) groups excluding carboxylic acids is 1. The first-order chi connectivity index (χ1) is 14.7. The number of rotatable bonds is 5. The molecule has 9 heteroatoms. The summed E-state index contributed by atoms with van der Waals surface area (Å²) in [6.07, 6.45) is 11.6. The van der Waals surface area contributed by atoms with Crippen molar-refractivity contribution in [3.05, 3.63) is 36.7 Å². The molecule has 4 aromatic rings. The number of fused-ring (bicyclic) bond motifs is 3. The minimum absolute atomic E-state index is 0.135. The average Bonchev–Trinajstić information content (AvgIpc) is 3.47. The van der Waals surface area contributed by atoms with Crippen molar-refractivity contribution in [3.8, 4) is 6.07 Å². The van der Waals surface area contributed by atoms with Gasteiger partial charge in [0.25, 0.3) is 0 Å². The minimum atomic E-state index is -0.135. The summed E-state index contributed by atoms with van der Waals surface area (Å²) in [6, 6.07) is 4.57. The highest BCUT2D eigenvalue weighted by atomic mass is 16.1. The van der Waals surface area contributed by atoms with Gasteiger partial charge in [0.15, 0.2) is 0 Å². The van der Waals surface area contributed by atoms with E-state index < -0.39 is 0 Å². The van der Waals surface area contributed by atoms with Crippen LogP contribution < -0.4 is 5.32 Å². The van der Waals surface area contributed by atoms with Crippen LogP contribution in [0.3, 0.4) is 0 Å². The number of aromatic nitrogens is 6. The number of amides is 1. The van der Waals surface area contributed by atoms with Gasteiger partial charge >= 0.3 is 0 Å². The molecule has 4 heterocycles. The number of imidazole rings is 1. The predicted octanol–water partition coefficient (Wildman–Crippen LogP) is 3.46. The van der Waals surface area contributed by atoms with Gasteiger partial charge in [-0.2, -0.15) is 10.4 Å². The second kappa shape index (κ2) is 7.63. The van der Waals surface area contributed by atoms with Crippen LogP contribution in [0.1, 0.15) is 44.0 Å². The van der Waals surface area contributed by atoms with E-state index in [1.807, 2.05) is 12.3 Å². The second-order valence-corrected chi connectivity index (χ2v) is 7.88. The van der Waals surface area contributed by atoms with Crippen LogP contribution >= 0.6 is 0 Å². The zero-order chi connectivity index (χ0) is 20.5. The van der Waals surface area contributed by atoms with Crippen molar-refractivity contribution < 1.29 is 4.79 Å². The van der Waals surface area contributed by atoms with Crippen molar-refractivity contribution in [3.63, 3.8) is 0 Å². The van der Waals surface area contributed by atoms with E-state index in [0.29, 0.717) is 18.0 Å². The maximum Gasteiger partial charge on any atom is 0.232 e. The molecule has 30 heavy (non-hydrogen) atoms. The highest BCUT2D eigenvalue weighted by Crippen LogP contribution is 2.38. The molecule has 5 rings (SSSR count). The van der Waals surface area contributed by atoms with E-state index in [2.05, 4.69) is 36.1 Å². The van der Waals surface area contributed by atoms with Gasteiger partial charge in [0, 0.05) is 30.2 Å². The molecular weight excluding hydrogens is 380 g/mol. The Morgan fingerprint density at radius 3 is 2.93 bits per heavy atom. The average molecular weight is 402 g/mol. The van der Waals surface area contributed by atoms with E-state index in [1.54, 1.807) is 18.6 Å². The number of anilines is 1. The molecule has 9 nitrogen and oxygen atoms in total. The summed E-state index contributed by atoms with van der Waals surface area (Å²) in [6.45, 7) is 0. The number of hydrogen-bond donors (Lipinski definition) is 3. The van der Waals surface area contributed by atoms with Crippen LogP contribution in [0.15, 0.2) is 30.9 Å². The molecule has 0 spiro atoms. The SMILES string of the molecule is N#CCC1CCC(n2c(CC(=O)Nc3cn[nH]c3)nc3cnc4[nH]ccc4c32)CC1. The third kappa shape index (κ3) is 3.30. The van der Waals surface area contributed by atoms with Crippen LogP contribution in [0.4, 0.5) is 5.69 Å². The van der Waals surface area contributed by atoms with Crippen LogP contribution in [0.25, 0.3) is 22.1 Å². The van der Waals surface area contributed by atoms with Gasteiger partial charge in [-0.15, -0.1) is 0 Å². The van der Waals surface area contributed by atoms with Gasteiger partial charge in [-0.1, -0.05) is 0 Å². The summed E-state index contributed by atoms with van der Waals surface area (Å²) in [4.78, 5) is 25.1. The van der Waals surface area contributed by atoms with Gasteiger partial charge in [-0.3, -0.25) is 9.89 Å². The third-order valence-electron chi connectivity index (χ3n) is 5.97. The topological polar surface area (TPSA) is 128 Å². The molecule has 4 aromatic heterocycles. The summed E-state index contributed by atoms with van der Waals surface area (Å²) < 4.78 is 2.24. The largest absolute Gasteiger partial charge is 0.346 e. The molecule has 0 bridgehead atoms. The van der Waals surface area contributed by atoms with Crippen molar-refractivity contribution in [1.82, 2.24) is 29.7 Å². The number of carbonyl (C=O) groups is 1. The lowest BCUT2D eigenvalue weighted by Crippen LogP contribution is -2.22. The molecule has 0 radical (unpaired) electrons. The fourth-order valence-corrected chi connectivity index (χ4v) is 4.56. The number of aromatic amines is 2. The van der Waals surface area contributed by atoms with E-state index in [0.717, 1.165) is 53.6 Å². The number of nitrogens with one attached hydrogen (secondary N) is 3. The van der Waals surface area contributed by atoms with E-state index in [9.17, 15) is 4.79 Å². The van der Waals surface area contributed by atoms with Gasteiger partial charge < -0.3 is 14.9 Å². The first-order valence-electron chi connectivity index (χ1n) is 10.2. The standard InChI is InChI=1S/C21H22N8O/c22-7-5-13-1-3-15(4-2-13)29-18(9-19(30)27-14-10-25-26-11-14)28-17-12-24-21-16(20(17)29)6-8-23-21/h6,8,10-13,15H,1-5,9H2,(H,23,24)(H,25,26)(H,27,30). The fraction of sp³-hybridized carbons (Fsp3) is 0.381. The van der Waals surface area contributed by atoms with Crippen LogP contribution in [0.2, 0.25) is 0 Å². The summed E-state index contributed by atoms with van der Waals surface area (Å²) in [5, 5.41) is 19.5. The Morgan fingerprint density at radius 1 is 1.30 bits per heavy atom. The zero-order valence-electron chi connectivity index (χ0n) is 16.4. The van der Waals surface area contributed by atoms with E-state index in [1.165, 1.54) is 0 Å². The second-order valence-electron chi connectivity index (χ2n) is 7.88. The highest BCUT2D eigenvalue weighted by molar-refractivity contribution is 6.02. The summed E-state index contributed by atoms with van der Waals surface area (Å²) in [7, 11) is 0. The Bertz CT molecular complexity index is 1220. The number of nitriles is 1. The lowest BCUT2D eigenvalue weighted by Gasteiger charge is -2.30. The Morgan fingerprint density at radius 2 is 2.17 bits per heavy atom. The molecule has 3 N–H and O–H groups in total. The Balaban J connectivity index is 1.52. The number of H-pyrrole nitrogens is 2. The molecule has 0 aliphatic heterocycles. The molecule has 152 valence electrons. The molecule has 0 atom stereocenters. The Labute approximate surface area is 172 Å². The lowest BCUT2D eigenvalue weighted by atomic mass is 9.84. The van der Waals surface area contributed by atoms with Crippen molar-refractivity contribution in [2.75, 3.05) is 5.32 Å². The van der Waals surface area contributed by atoms with Gasteiger partial charge in [-0.05, 0) is 37.7 Å². The van der Waals surface area contributed by atoms with Crippen LogP contribution in [-0.4, -0.2) is 35.6 Å². The Kier molecular flexibility index (Phi) is 4.67. The molecule has 0 saturated heterocycles. The number of nitrogens with zero attached hydrogens (tertiary/aromatic N) is 5. The smallest absolute Gasteiger partial charge is 0.232 e.